The molecule has 4 rings (SSSR count). The molecule has 0 spiro atoms. The highest BCUT2D eigenvalue weighted by Gasteiger charge is 2.42. The molecule has 2 bridgehead atoms. The van der Waals surface area contributed by atoms with Crippen molar-refractivity contribution < 1.29 is 4.79 Å². The lowest BCUT2D eigenvalue weighted by Gasteiger charge is -2.29. The minimum atomic E-state index is -0.141. The molecular formula is C21H29N3OS. The van der Waals surface area contributed by atoms with Gasteiger partial charge in [0.25, 0.3) is 0 Å². The van der Waals surface area contributed by atoms with Crippen LogP contribution in [0.15, 0.2) is 29.4 Å². The first kappa shape index (κ1) is 17.9. The molecule has 1 amide bonds. The van der Waals surface area contributed by atoms with Gasteiger partial charge in [0, 0.05) is 12.6 Å². The van der Waals surface area contributed by atoms with E-state index in [1.54, 1.807) is 11.8 Å². The van der Waals surface area contributed by atoms with Gasteiger partial charge in [0.1, 0.15) is 0 Å². The Bertz CT molecular complexity index is 802. The molecule has 1 heterocycles. The average Bonchev–Trinajstić information content (AvgIpc) is 3.34. The molecule has 5 heteroatoms. The zero-order valence-corrected chi connectivity index (χ0v) is 16.8. The highest BCUT2D eigenvalue weighted by Crippen LogP contribution is 2.49. The lowest BCUT2D eigenvalue weighted by atomic mass is 9.84. The third-order valence-corrected chi connectivity index (χ3v) is 7.48. The van der Waals surface area contributed by atoms with E-state index < -0.39 is 0 Å². The van der Waals surface area contributed by atoms with Crippen LogP contribution in [0.1, 0.15) is 46.5 Å². The largest absolute Gasteiger partial charge is 0.352 e. The average molecular weight is 372 g/mol. The molecule has 2 aliphatic carbocycles. The number of para-hydroxylation sites is 2. The number of carbonyl (C=O) groups is 1. The van der Waals surface area contributed by atoms with Gasteiger partial charge >= 0.3 is 0 Å². The molecule has 0 aliphatic heterocycles. The number of nitrogens with zero attached hydrogens (tertiary/aromatic N) is 2. The van der Waals surface area contributed by atoms with E-state index in [0.717, 1.165) is 34.6 Å². The van der Waals surface area contributed by atoms with E-state index >= 15 is 0 Å². The van der Waals surface area contributed by atoms with Crippen molar-refractivity contribution in [3.05, 3.63) is 24.3 Å². The summed E-state index contributed by atoms with van der Waals surface area (Å²) in [5.41, 5.74) is 2.14. The summed E-state index contributed by atoms with van der Waals surface area (Å²) in [5.74, 6) is 2.57. The predicted molar refractivity (Wildman–Crippen MR) is 107 cm³/mol. The predicted octanol–water partition coefficient (Wildman–Crippen LogP) is 4.48. The first-order chi connectivity index (χ1) is 12.6. The van der Waals surface area contributed by atoms with Gasteiger partial charge in [-0.15, -0.1) is 0 Å². The van der Waals surface area contributed by atoms with Gasteiger partial charge in [-0.3, -0.25) is 4.79 Å². The minimum absolute atomic E-state index is 0.139. The van der Waals surface area contributed by atoms with E-state index in [2.05, 4.69) is 29.8 Å². The maximum atomic E-state index is 12.8. The second-order valence-corrected chi connectivity index (χ2v) is 9.33. The lowest BCUT2D eigenvalue weighted by molar-refractivity contribution is -0.121. The molecular weight excluding hydrogens is 342 g/mol. The van der Waals surface area contributed by atoms with Gasteiger partial charge in [-0.05, 0) is 69.9 Å². The number of nitrogens with one attached hydrogen (secondary N) is 1. The number of aromatic nitrogens is 2. The van der Waals surface area contributed by atoms with Crippen molar-refractivity contribution in [1.82, 2.24) is 14.9 Å². The maximum Gasteiger partial charge on any atom is 0.233 e. The van der Waals surface area contributed by atoms with E-state index in [1.165, 1.54) is 25.7 Å². The van der Waals surface area contributed by atoms with Gasteiger partial charge in [0.15, 0.2) is 5.16 Å². The van der Waals surface area contributed by atoms with Crippen LogP contribution in [0.4, 0.5) is 0 Å². The third kappa shape index (κ3) is 3.26. The van der Waals surface area contributed by atoms with Gasteiger partial charge in [-0.25, -0.2) is 4.98 Å². The number of fused-ring (bicyclic) bond motifs is 3. The first-order valence-electron chi connectivity index (χ1n) is 9.99. The number of hydrogen-bond acceptors (Lipinski definition) is 3. The van der Waals surface area contributed by atoms with Crippen LogP contribution in [-0.4, -0.2) is 26.8 Å². The number of carbonyl (C=O) groups excluding carboxylic acids is 1. The number of benzene rings is 1. The molecule has 2 aliphatic rings. The lowest BCUT2D eigenvalue weighted by Crippen LogP contribution is -2.43. The Morgan fingerprint density at radius 3 is 2.81 bits per heavy atom. The highest BCUT2D eigenvalue weighted by molar-refractivity contribution is 8.00. The Hall–Kier alpha value is -1.49. The van der Waals surface area contributed by atoms with E-state index in [9.17, 15) is 4.79 Å². The topological polar surface area (TPSA) is 46.9 Å². The molecule has 2 fully saturated rings. The molecule has 5 atom stereocenters. The zero-order chi connectivity index (χ0) is 18.3. The van der Waals surface area contributed by atoms with Crippen LogP contribution in [0.3, 0.4) is 0 Å². The van der Waals surface area contributed by atoms with Crippen molar-refractivity contribution in [1.29, 1.82) is 0 Å². The monoisotopic (exact) mass is 371 g/mol. The Kier molecular flexibility index (Phi) is 5.00. The molecule has 140 valence electrons. The van der Waals surface area contributed by atoms with Gasteiger partial charge in [0.05, 0.1) is 16.3 Å². The standard InChI is InChI=1S/C21H29N3OS/c1-4-24-19-8-6-5-7-18(19)23-21(24)26-14(3)20(25)22-13(2)17-12-15-9-10-16(17)11-15/h5-8,13-17H,4,9-12H2,1-3H3,(H,22,25). The van der Waals surface area contributed by atoms with Crippen molar-refractivity contribution >= 4 is 28.7 Å². The number of hydrogen-bond donors (Lipinski definition) is 1. The quantitative estimate of drug-likeness (QED) is 0.762. The Morgan fingerprint density at radius 1 is 1.31 bits per heavy atom. The summed E-state index contributed by atoms with van der Waals surface area (Å²) in [6.45, 7) is 7.17. The smallest absolute Gasteiger partial charge is 0.233 e. The van der Waals surface area contributed by atoms with Crippen LogP contribution < -0.4 is 5.32 Å². The van der Waals surface area contributed by atoms with Crippen LogP contribution in [-0.2, 0) is 11.3 Å². The van der Waals surface area contributed by atoms with Gasteiger partial charge in [0.2, 0.25) is 5.91 Å². The van der Waals surface area contributed by atoms with Crippen LogP contribution in [0, 0.1) is 17.8 Å². The number of thioether (sulfide) groups is 1. The molecule has 4 nitrogen and oxygen atoms in total. The first-order valence-corrected chi connectivity index (χ1v) is 10.9. The zero-order valence-electron chi connectivity index (χ0n) is 15.9. The van der Waals surface area contributed by atoms with Crippen molar-refractivity contribution in [2.24, 2.45) is 17.8 Å². The summed E-state index contributed by atoms with van der Waals surface area (Å²) < 4.78 is 2.20. The minimum Gasteiger partial charge on any atom is -0.352 e. The number of rotatable bonds is 6. The van der Waals surface area contributed by atoms with E-state index in [-0.39, 0.29) is 17.2 Å². The molecule has 0 radical (unpaired) electrons. The Morgan fingerprint density at radius 2 is 2.12 bits per heavy atom. The Balaban J connectivity index is 1.41. The van der Waals surface area contributed by atoms with Gasteiger partial charge in [-0.1, -0.05) is 30.3 Å². The summed E-state index contributed by atoms with van der Waals surface area (Å²) in [5, 5.41) is 4.09. The molecule has 1 aromatic heterocycles. The molecule has 1 aromatic carbocycles. The van der Waals surface area contributed by atoms with E-state index in [1.807, 2.05) is 25.1 Å². The molecule has 2 aromatic rings. The normalized spacial score (nSPS) is 27.0. The van der Waals surface area contributed by atoms with Crippen molar-refractivity contribution in [3.63, 3.8) is 0 Å². The summed E-state index contributed by atoms with van der Waals surface area (Å²) in [7, 11) is 0. The molecule has 5 unspecified atom stereocenters. The molecule has 0 saturated heterocycles. The second-order valence-electron chi connectivity index (χ2n) is 8.02. The third-order valence-electron chi connectivity index (χ3n) is 6.39. The van der Waals surface area contributed by atoms with Crippen LogP contribution in [0.5, 0.6) is 0 Å². The molecule has 2 saturated carbocycles. The van der Waals surface area contributed by atoms with Crippen LogP contribution in [0.2, 0.25) is 0 Å². The summed E-state index contributed by atoms with van der Waals surface area (Å²) >= 11 is 1.57. The van der Waals surface area contributed by atoms with Crippen molar-refractivity contribution in [2.45, 2.75) is 69.4 Å². The number of amides is 1. The number of imidazole rings is 1. The fraction of sp³-hybridized carbons (Fsp3) is 0.619. The molecule has 1 N–H and O–H groups in total. The maximum absolute atomic E-state index is 12.8. The van der Waals surface area contributed by atoms with E-state index in [4.69, 9.17) is 4.98 Å². The fourth-order valence-electron chi connectivity index (χ4n) is 5.02. The number of aryl methyl sites for hydroxylation is 1. The Labute approximate surface area is 160 Å². The van der Waals surface area contributed by atoms with Crippen LogP contribution >= 0.6 is 11.8 Å². The second kappa shape index (κ2) is 7.26. The van der Waals surface area contributed by atoms with E-state index in [0.29, 0.717) is 5.92 Å². The van der Waals surface area contributed by atoms with Crippen LogP contribution in [0.25, 0.3) is 11.0 Å². The summed E-state index contributed by atoms with van der Waals surface area (Å²) in [4.78, 5) is 17.5. The summed E-state index contributed by atoms with van der Waals surface area (Å²) in [6, 6.07) is 8.46. The van der Waals surface area contributed by atoms with Gasteiger partial charge in [-0.2, -0.15) is 0 Å². The SMILES string of the molecule is CCn1c(SC(C)C(=O)NC(C)C2CC3CCC2C3)nc2ccccc21. The van der Waals surface area contributed by atoms with Crippen molar-refractivity contribution in [2.75, 3.05) is 0 Å². The molecule has 26 heavy (non-hydrogen) atoms. The van der Waals surface area contributed by atoms with Gasteiger partial charge < -0.3 is 9.88 Å². The van der Waals surface area contributed by atoms with Crippen molar-refractivity contribution in [3.8, 4) is 0 Å². The highest BCUT2D eigenvalue weighted by atomic mass is 32.2. The summed E-state index contributed by atoms with van der Waals surface area (Å²) in [6.07, 6.45) is 5.46. The fourth-order valence-corrected chi connectivity index (χ4v) is 6.01.